The molecule has 8 nitrogen and oxygen atoms in total. The third kappa shape index (κ3) is 6.69. The Kier molecular flexibility index (Phi) is 8.50. The quantitative estimate of drug-likeness (QED) is 0.532. The Labute approximate surface area is 223 Å². The van der Waals surface area contributed by atoms with Crippen molar-refractivity contribution in [3.05, 3.63) is 78.0 Å². The molecule has 1 fully saturated rings. The van der Waals surface area contributed by atoms with E-state index in [1.807, 2.05) is 65.6 Å². The maximum absolute atomic E-state index is 13.0. The van der Waals surface area contributed by atoms with Crippen LogP contribution in [0.3, 0.4) is 0 Å². The molecule has 2 aliphatic heterocycles. The highest BCUT2D eigenvalue weighted by Crippen LogP contribution is 2.32. The first kappa shape index (κ1) is 25.7. The number of nitrogens with one attached hydrogen (secondary N) is 1. The van der Waals surface area contributed by atoms with Gasteiger partial charge in [0.1, 0.15) is 0 Å². The maximum Gasteiger partial charge on any atom is 0.234 e. The molecule has 8 heteroatoms. The van der Waals surface area contributed by atoms with E-state index < -0.39 is 0 Å². The smallest absolute Gasteiger partial charge is 0.234 e. The van der Waals surface area contributed by atoms with Crippen LogP contribution in [0.1, 0.15) is 43.2 Å². The number of aromatic nitrogens is 1. The molecule has 1 N–H and O–H groups in total. The molecule has 198 valence electrons. The summed E-state index contributed by atoms with van der Waals surface area (Å²) < 4.78 is 12.2. The number of nitrogens with zero attached hydrogens (tertiary/aromatic N) is 3. The van der Waals surface area contributed by atoms with E-state index in [1.165, 1.54) is 0 Å². The Morgan fingerprint density at radius 2 is 1.84 bits per heavy atom. The zero-order valence-corrected chi connectivity index (χ0v) is 21.6. The molecule has 5 rings (SSSR count). The molecule has 0 unspecified atom stereocenters. The monoisotopic (exact) mass is 514 g/mol. The molecule has 0 radical (unpaired) electrons. The van der Waals surface area contributed by atoms with Crippen molar-refractivity contribution in [1.82, 2.24) is 15.2 Å². The van der Waals surface area contributed by atoms with E-state index in [2.05, 4.69) is 15.2 Å². The molecule has 2 aromatic carbocycles. The average Bonchev–Trinajstić information content (AvgIpc) is 3.37. The van der Waals surface area contributed by atoms with E-state index in [4.69, 9.17) is 9.47 Å². The van der Waals surface area contributed by atoms with Crippen molar-refractivity contribution in [3.63, 3.8) is 0 Å². The molecule has 0 saturated carbocycles. The molecule has 0 bridgehead atoms. The molecular formula is C30H34N4O4. The predicted octanol–water partition coefficient (Wildman–Crippen LogP) is 4.68. The predicted molar refractivity (Wildman–Crippen MR) is 145 cm³/mol. The Hall–Kier alpha value is -3.91. The molecule has 3 heterocycles. The van der Waals surface area contributed by atoms with Crippen LogP contribution >= 0.6 is 0 Å². The highest BCUT2D eigenvalue weighted by molar-refractivity contribution is 5.95. The van der Waals surface area contributed by atoms with E-state index >= 15 is 0 Å². The number of hydrogen-bond acceptors (Lipinski definition) is 6. The van der Waals surface area contributed by atoms with Gasteiger partial charge < -0.3 is 19.7 Å². The number of amides is 2. The lowest BCUT2D eigenvalue weighted by atomic mass is 10.2. The second-order valence-electron chi connectivity index (χ2n) is 9.73. The molecule has 2 aliphatic rings. The minimum atomic E-state index is -0.0444. The van der Waals surface area contributed by atoms with Gasteiger partial charge in [-0.15, -0.1) is 0 Å². The third-order valence-corrected chi connectivity index (χ3v) is 6.83. The summed E-state index contributed by atoms with van der Waals surface area (Å²) in [5.74, 6) is 1.97. The number of hydrogen-bond donors (Lipinski definition) is 1. The van der Waals surface area contributed by atoms with Crippen LogP contribution in [-0.2, 0) is 22.7 Å². The second kappa shape index (κ2) is 12.6. The molecule has 0 atom stereocenters. The topological polar surface area (TPSA) is 84.0 Å². The van der Waals surface area contributed by atoms with Crippen molar-refractivity contribution in [2.45, 2.75) is 45.2 Å². The van der Waals surface area contributed by atoms with Crippen LogP contribution < -0.4 is 19.7 Å². The highest BCUT2D eigenvalue weighted by Gasteiger charge is 2.22. The molecule has 0 spiro atoms. The van der Waals surface area contributed by atoms with Gasteiger partial charge in [-0.05, 0) is 68.1 Å². The van der Waals surface area contributed by atoms with Gasteiger partial charge in [0, 0.05) is 43.5 Å². The summed E-state index contributed by atoms with van der Waals surface area (Å²) in [6.07, 6.45) is 6.08. The Morgan fingerprint density at radius 1 is 0.947 bits per heavy atom. The zero-order chi connectivity index (χ0) is 26.2. The van der Waals surface area contributed by atoms with Crippen molar-refractivity contribution >= 4 is 17.5 Å². The van der Waals surface area contributed by atoms with Crippen molar-refractivity contribution in [3.8, 4) is 17.4 Å². The Balaban J connectivity index is 1.25. The number of carbonyl (C=O) groups is 2. The van der Waals surface area contributed by atoms with Gasteiger partial charge in [-0.25, -0.2) is 4.98 Å². The lowest BCUT2D eigenvalue weighted by Crippen LogP contribution is -2.37. The maximum atomic E-state index is 13.0. The van der Waals surface area contributed by atoms with Gasteiger partial charge in [-0.2, -0.15) is 0 Å². The van der Waals surface area contributed by atoms with E-state index in [-0.39, 0.29) is 18.4 Å². The van der Waals surface area contributed by atoms with Gasteiger partial charge in [0.15, 0.2) is 11.5 Å². The lowest BCUT2D eigenvalue weighted by Gasteiger charge is -2.23. The molecule has 2 amide bonds. The fraction of sp³-hybridized carbons (Fsp3) is 0.367. The minimum Gasteiger partial charge on any atom is -0.490 e. The summed E-state index contributed by atoms with van der Waals surface area (Å²) in [6.45, 7) is 3.37. The van der Waals surface area contributed by atoms with Crippen molar-refractivity contribution in [2.24, 2.45) is 0 Å². The van der Waals surface area contributed by atoms with Gasteiger partial charge in [0.2, 0.25) is 17.7 Å². The van der Waals surface area contributed by atoms with Gasteiger partial charge in [-0.3, -0.25) is 14.5 Å². The molecule has 3 aromatic rings. The Bertz CT molecular complexity index is 1260. The fourth-order valence-electron chi connectivity index (χ4n) is 4.86. The lowest BCUT2D eigenvalue weighted by molar-refractivity contribution is -0.122. The van der Waals surface area contributed by atoms with E-state index in [0.29, 0.717) is 43.5 Å². The molecule has 1 aromatic heterocycles. The van der Waals surface area contributed by atoms with Crippen LogP contribution in [0.2, 0.25) is 0 Å². The first-order valence-electron chi connectivity index (χ1n) is 13.4. The summed E-state index contributed by atoms with van der Waals surface area (Å²) in [7, 11) is 0. The van der Waals surface area contributed by atoms with Crippen LogP contribution in [0.5, 0.6) is 17.4 Å². The Morgan fingerprint density at radius 3 is 2.71 bits per heavy atom. The van der Waals surface area contributed by atoms with E-state index in [9.17, 15) is 9.59 Å². The summed E-state index contributed by atoms with van der Waals surface area (Å²) in [5.41, 5.74) is 2.78. The van der Waals surface area contributed by atoms with Crippen LogP contribution in [0, 0.1) is 0 Å². The number of fused-ring (bicyclic) bond motifs is 2. The van der Waals surface area contributed by atoms with Crippen LogP contribution in [-0.4, -0.2) is 47.9 Å². The first-order valence-corrected chi connectivity index (χ1v) is 13.4. The van der Waals surface area contributed by atoms with Gasteiger partial charge in [0.25, 0.3) is 0 Å². The molecule has 0 aliphatic carbocycles. The summed E-state index contributed by atoms with van der Waals surface area (Å²) >= 11 is 0. The van der Waals surface area contributed by atoms with Crippen LogP contribution in [0.25, 0.3) is 0 Å². The van der Waals surface area contributed by atoms with Gasteiger partial charge >= 0.3 is 0 Å². The summed E-state index contributed by atoms with van der Waals surface area (Å²) in [5, 5.41) is 3.06. The standard InChI is InChI=1S/C30H34N4O4/c35-28(32-20-23-9-6-11-25(19-23)34-17-8-14-29(34)36)22-33-16-4-1-5-18-37-26-12-2-3-13-27(26)38-30-24(21-33)10-7-15-31-30/h2-3,6-7,9-13,15,19H,1,4-5,8,14,16-18,20-22H2,(H,32,35). The first-order chi connectivity index (χ1) is 18.7. The summed E-state index contributed by atoms with van der Waals surface area (Å²) in [6, 6.07) is 19.4. The largest absolute Gasteiger partial charge is 0.490 e. The fourth-order valence-corrected chi connectivity index (χ4v) is 4.86. The van der Waals surface area contributed by atoms with E-state index in [0.717, 1.165) is 55.6 Å². The number of para-hydroxylation sites is 2. The number of pyridine rings is 1. The number of benzene rings is 2. The molecule has 1 saturated heterocycles. The summed E-state index contributed by atoms with van der Waals surface area (Å²) in [4.78, 5) is 33.5. The van der Waals surface area contributed by atoms with E-state index in [1.54, 1.807) is 6.20 Å². The third-order valence-electron chi connectivity index (χ3n) is 6.83. The second-order valence-corrected chi connectivity index (χ2v) is 9.73. The number of anilines is 1. The minimum absolute atomic E-state index is 0.0444. The van der Waals surface area contributed by atoms with Crippen molar-refractivity contribution in [2.75, 3.05) is 31.1 Å². The van der Waals surface area contributed by atoms with Crippen molar-refractivity contribution in [1.29, 1.82) is 0 Å². The normalized spacial score (nSPS) is 16.6. The van der Waals surface area contributed by atoms with Gasteiger partial charge in [-0.1, -0.05) is 30.3 Å². The molecular weight excluding hydrogens is 480 g/mol. The number of rotatable bonds is 5. The SMILES string of the molecule is O=C(CN1CCCCCOc2ccccc2Oc2ncccc2C1)NCc1cccc(N2CCCC2=O)c1. The van der Waals surface area contributed by atoms with Crippen LogP contribution in [0.4, 0.5) is 5.69 Å². The van der Waals surface area contributed by atoms with Crippen LogP contribution in [0.15, 0.2) is 66.9 Å². The van der Waals surface area contributed by atoms with Gasteiger partial charge in [0.05, 0.1) is 13.2 Å². The molecule has 38 heavy (non-hydrogen) atoms. The number of ether oxygens (including phenoxy) is 2. The van der Waals surface area contributed by atoms with Crippen molar-refractivity contribution < 1.29 is 19.1 Å². The number of carbonyl (C=O) groups excluding carboxylic acids is 2. The zero-order valence-electron chi connectivity index (χ0n) is 21.6. The highest BCUT2D eigenvalue weighted by atomic mass is 16.5. The average molecular weight is 515 g/mol.